The van der Waals surface area contributed by atoms with E-state index in [4.69, 9.17) is 9.73 Å². The van der Waals surface area contributed by atoms with E-state index in [-0.39, 0.29) is 0 Å². The normalized spacial score (nSPS) is 15.7. The van der Waals surface area contributed by atoms with Crippen molar-refractivity contribution >= 4 is 5.96 Å². The molecule has 0 unspecified atom stereocenters. The molecule has 0 saturated carbocycles. The van der Waals surface area contributed by atoms with Gasteiger partial charge in [-0.05, 0) is 44.2 Å². The Balaban J connectivity index is 1.57. The topological polar surface area (TPSA) is 54.7 Å². The highest BCUT2D eigenvalue weighted by Gasteiger charge is 2.15. The lowest BCUT2D eigenvalue weighted by Crippen LogP contribution is -2.40. The van der Waals surface area contributed by atoms with E-state index in [1.54, 1.807) is 0 Å². The van der Waals surface area contributed by atoms with Crippen LogP contribution < -0.4 is 5.32 Å². The quantitative estimate of drug-likeness (QED) is 0.602. The number of aliphatic imine (C=N–C) groups is 1. The van der Waals surface area contributed by atoms with Crippen LogP contribution in [0.25, 0.3) is 5.69 Å². The van der Waals surface area contributed by atoms with Gasteiger partial charge >= 0.3 is 0 Å². The molecule has 6 nitrogen and oxygen atoms in total. The van der Waals surface area contributed by atoms with Gasteiger partial charge in [-0.2, -0.15) is 5.10 Å². The van der Waals surface area contributed by atoms with E-state index in [2.05, 4.69) is 29.3 Å². The Bertz CT molecular complexity index is 706. The second-order valence-corrected chi connectivity index (χ2v) is 7.06. The Labute approximate surface area is 162 Å². The molecule has 1 aliphatic rings. The van der Waals surface area contributed by atoms with E-state index >= 15 is 0 Å². The second kappa shape index (κ2) is 10.1. The standard InChI is InChI=1S/C21H31N5O/c1-3-22-21(25(2)12-9-18-10-13-27-14-11-18)23-15-19-16-24-26(17-19)20-7-5-4-6-8-20/h4-8,16-18H,3,9-15H2,1-2H3,(H,22,23). The van der Waals surface area contributed by atoms with Crippen molar-refractivity contribution in [2.45, 2.75) is 32.7 Å². The molecule has 146 valence electrons. The molecule has 0 atom stereocenters. The summed E-state index contributed by atoms with van der Waals surface area (Å²) in [5.41, 5.74) is 2.17. The van der Waals surface area contributed by atoms with Crippen LogP contribution in [0.2, 0.25) is 0 Å². The third kappa shape index (κ3) is 5.82. The minimum atomic E-state index is 0.622. The molecule has 1 N–H and O–H groups in total. The van der Waals surface area contributed by atoms with Gasteiger partial charge in [-0.15, -0.1) is 0 Å². The van der Waals surface area contributed by atoms with Gasteiger partial charge in [0.15, 0.2) is 5.96 Å². The number of rotatable bonds is 7. The molecular formula is C21H31N5O. The van der Waals surface area contributed by atoms with Crippen molar-refractivity contribution in [3.05, 3.63) is 48.3 Å². The van der Waals surface area contributed by atoms with E-state index in [1.165, 1.54) is 19.3 Å². The fourth-order valence-corrected chi connectivity index (χ4v) is 3.32. The minimum Gasteiger partial charge on any atom is -0.381 e. The van der Waals surface area contributed by atoms with E-state index in [9.17, 15) is 0 Å². The fourth-order valence-electron chi connectivity index (χ4n) is 3.32. The summed E-state index contributed by atoms with van der Waals surface area (Å²) in [5.74, 6) is 1.73. The van der Waals surface area contributed by atoms with Gasteiger partial charge in [0, 0.05) is 45.1 Å². The predicted molar refractivity (Wildman–Crippen MR) is 109 cm³/mol. The number of nitrogens with zero attached hydrogens (tertiary/aromatic N) is 4. The number of guanidine groups is 1. The number of para-hydroxylation sites is 1. The molecule has 0 bridgehead atoms. The maximum Gasteiger partial charge on any atom is 0.193 e. The SMILES string of the molecule is CCNC(=NCc1cnn(-c2ccccc2)c1)N(C)CCC1CCOCC1. The second-order valence-electron chi connectivity index (χ2n) is 7.06. The number of aromatic nitrogens is 2. The van der Waals surface area contributed by atoms with Crippen molar-refractivity contribution in [2.75, 3.05) is 33.4 Å². The molecule has 1 fully saturated rings. The monoisotopic (exact) mass is 369 g/mol. The van der Waals surface area contributed by atoms with E-state index in [0.717, 1.165) is 49.4 Å². The Morgan fingerprint density at radius 2 is 2.07 bits per heavy atom. The molecule has 0 spiro atoms. The number of hydrogen-bond donors (Lipinski definition) is 1. The smallest absolute Gasteiger partial charge is 0.193 e. The average molecular weight is 370 g/mol. The first kappa shape index (κ1) is 19.4. The third-order valence-corrected chi connectivity index (χ3v) is 4.98. The molecular weight excluding hydrogens is 338 g/mol. The minimum absolute atomic E-state index is 0.622. The zero-order valence-electron chi connectivity index (χ0n) is 16.5. The molecule has 0 radical (unpaired) electrons. The van der Waals surface area contributed by atoms with Crippen molar-refractivity contribution in [3.63, 3.8) is 0 Å². The van der Waals surface area contributed by atoms with Crippen LogP contribution in [0.5, 0.6) is 0 Å². The predicted octanol–water partition coefficient (Wildman–Crippen LogP) is 3.09. The van der Waals surface area contributed by atoms with Gasteiger partial charge in [-0.25, -0.2) is 9.67 Å². The van der Waals surface area contributed by atoms with E-state index < -0.39 is 0 Å². The molecule has 2 heterocycles. The Hall–Kier alpha value is -2.34. The van der Waals surface area contributed by atoms with Crippen molar-refractivity contribution in [3.8, 4) is 5.69 Å². The molecule has 2 aromatic rings. The van der Waals surface area contributed by atoms with Crippen molar-refractivity contribution in [1.29, 1.82) is 0 Å². The lowest BCUT2D eigenvalue weighted by molar-refractivity contribution is 0.0625. The van der Waals surface area contributed by atoms with Crippen LogP contribution in [0.1, 0.15) is 31.7 Å². The number of nitrogens with one attached hydrogen (secondary N) is 1. The van der Waals surface area contributed by atoms with Gasteiger partial charge in [0.2, 0.25) is 0 Å². The molecule has 1 aliphatic heterocycles. The summed E-state index contributed by atoms with van der Waals surface area (Å²) in [6, 6.07) is 10.1. The van der Waals surface area contributed by atoms with Crippen molar-refractivity contribution in [1.82, 2.24) is 20.0 Å². The lowest BCUT2D eigenvalue weighted by atomic mass is 9.96. The highest BCUT2D eigenvalue weighted by atomic mass is 16.5. The number of ether oxygens (including phenoxy) is 1. The van der Waals surface area contributed by atoms with Gasteiger partial charge in [0.25, 0.3) is 0 Å². The summed E-state index contributed by atoms with van der Waals surface area (Å²) in [6.07, 6.45) is 7.49. The number of benzene rings is 1. The van der Waals surface area contributed by atoms with E-state index in [0.29, 0.717) is 6.54 Å². The number of hydrogen-bond acceptors (Lipinski definition) is 3. The van der Waals surface area contributed by atoms with Crippen LogP contribution >= 0.6 is 0 Å². The largest absolute Gasteiger partial charge is 0.381 e. The summed E-state index contributed by atoms with van der Waals surface area (Å²) in [6.45, 7) is 6.43. The Kier molecular flexibility index (Phi) is 7.27. The molecule has 3 rings (SSSR count). The van der Waals surface area contributed by atoms with Gasteiger partial charge in [0.05, 0.1) is 18.4 Å². The van der Waals surface area contributed by atoms with Crippen LogP contribution in [0, 0.1) is 5.92 Å². The molecule has 0 aliphatic carbocycles. The van der Waals surface area contributed by atoms with Crippen LogP contribution in [0.15, 0.2) is 47.7 Å². The first-order chi connectivity index (χ1) is 13.3. The zero-order valence-corrected chi connectivity index (χ0v) is 16.5. The fraction of sp³-hybridized carbons (Fsp3) is 0.524. The summed E-state index contributed by atoms with van der Waals surface area (Å²) >= 11 is 0. The molecule has 1 aromatic carbocycles. The molecule has 1 aromatic heterocycles. The van der Waals surface area contributed by atoms with Gasteiger partial charge in [0.1, 0.15) is 0 Å². The zero-order chi connectivity index (χ0) is 18.9. The summed E-state index contributed by atoms with van der Waals surface area (Å²) in [5, 5.41) is 7.86. The first-order valence-corrected chi connectivity index (χ1v) is 9.92. The Morgan fingerprint density at radius 1 is 1.30 bits per heavy atom. The summed E-state index contributed by atoms with van der Waals surface area (Å²) in [7, 11) is 2.12. The third-order valence-electron chi connectivity index (χ3n) is 4.98. The first-order valence-electron chi connectivity index (χ1n) is 9.92. The molecule has 27 heavy (non-hydrogen) atoms. The van der Waals surface area contributed by atoms with Crippen molar-refractivity contribution in [2.24, 2.45) is 10.9 Å². The summed E-state index contributed by atoms with van der Waals surface area (Å²) in [4.78, 5) is 7.04. The highest BCUT2D eigenvalue weighted by Crippen LogP contribution is 2.18. The van der Waals surface area contributed by atoms with Crippen LogP contribution in [-0.4, -0.2) is 54.0 Å². The lowest BCUT2D eigenvalue weighted by Gasteiger charge is -2.26. The van der Waals surface area contributed by atoms with Crippen molar-refractivity contribution < 1.29 is 4.74 Å². The summed E-state index contributed by atoms with van der Waals surface area (Å²) < 4.78 is 7.35. The van der Waals surface area contributed by atoms with Crippen LogP contribution in [0.4, 0.5) is 0 Å². The van der Waals surface area contributed by atoms with Gasteiger partial charge in [-0.1, -0.05) is 18.2 Å². The maximum absolute atomic E-state index is 5.46. The van der Waals surface area contributed by atoms with Crippen LogP contribution in [0.3, 0.4) is 0 Å². The molecule has 0 amide bonds. The maximum atomic E-state index is 5.46. The molecule has 6 heteroatoms. The average Bonchev–Trinajstić information content (AvgIpc) is 3.20. The van der Waals surface area contributed by atoms with Gasteiger partial charge < -0.3 is 15.0 Å². The Morgan fingerprint density at radius 3 is 2.81 bits per heavy atom. The van der Waals surface area contributed by atoms with E-state index in [1.807, 2.05) is 47.4 Å². The highest BCUT2D eigenvalue weighted by molar-refractivity contribution is 5.79. The van der Waals surface area contributed by atoms with Gasteiger partial charge in [-0.3, -0.25) is 0 Å². The van der Waals surface area contributed by atoms with Crippen LogP contribution in [-0.2, 0) is 11.3 Å². The molecule has 1 saturated heterocycles.